The van der Waals surface area contributed by atoms with E-state index in [4.69, 9.17) is 0 Å². The normalized spacial score (nSPS) is 30.6. The van der Waals surface area contributed by atoms with Crippen molar-refractivity contribution in [1.29, 1.82) is 0 Å². The van der Waals surface area contributed by atoms with Gasteiger partial charge in [-0.1, -0.05) is 6.92 Å². The third-order valence-corrected chi connectivity index (χ3v) is 3.05. The van der Waals surface area contributed by atoms with E-state index in [0.29, 0.717) is 18.5 Å². The molecule has 1 saturated heterocycles. The lowest BCUT2D eigenvalue weighted by molar-refractivity contribution is 0.492. The summed E-state index contributed by atoms with van der Waals surface area (Å²) in [7, 11) is -1.90. The highest BCUT2D eigenvalue weighted by Gasteiger charge is 2.21. The number of nitrogens with one attached hydrogen (secondary N) is 1. The summed E-state index contributed by atoms with van der Waals surface area (Å²) in [5.41, 5.74) is 0. The molecule has 0 spiro atoms. The second kappa shape index (κ2) is 3.75. The van der Waals surface area contributed by atoms with Gasteiger partial charge in [0.2, 0.25) is 0 Å². The van der Waals surface area contributed by atoms with Crippen LogP contribution in [0.25, 0.3) is 0 Å². The van der Waals surface area contributed by atoms with E-state index in [1.54, 1.807) is 12.5 Å². The van der Waals surface area contributed by atoms with Crippen molar-refractivity contribution in [1.82, 2.24) is 5.32 Å². The first-order valence-electron chi connectivity index (χ1n) is 4.35. The molecule has 0 saturated carbocycles. The molecule has 0 aromatic heterocycles. The monoisotopic (exact) mass is 190 g/mol. The number of rotatable bonds is 2. The first kappa shape index (κ1) is 9.99. The van der Waals surface area contributed by atoms with Crippen molar-refractivity contribution in [3.8, 4) is 0 Å². The van der Waals surface area contributed by atoms with Gasteiger partial charge < -0.3 is 5.32 Å². The minimum absolute atomic E-state index is 0.450. The zero-order chi connectivity index (χ0) is 9.19. The van der Waals surface area contributed by atoms with Crippen LogP contribution in [0.3, 0.4) is 0 Å². The van der Waals surface area contributed by atoms with Crippen molar-refractivity contribution in [3.63, 3.8) is 0 Å². The number of nitrogens with zero attached hydrogens (tertiary/aromatic N) is 1. The van der Waals surface area contributed by atoms with Gasteiger partial charge in [-0.05, 0) is 18.9 Å². The topological polar surface area (TPSA) is 41.5 Å². The highest BCUT2D eigenvalue weighted by atomic mass is 32.2. The van der Waals surface area contributed by atoms with E-state index in [9.17, 15) is 4.21 Å². The predicted molar refractivity (Wildman–Crippen MR) is 52.9 cm³/mol. The minimum atomic E-state index is -1.90. The van der Waals surface area contributed by atoms with Crippen LogP contribution >= 0.6 is 0 Å². The van der Waals surface area contributed by atoms with E-state index < -0.39 is 9.73 Å². The van der Waals surface area contributed by atoms with Crippen LogP contribution in [0.15, 0.2) is 4.36 Å². The number of hydrogen-bond acceptors (Lipinski definition) is 3. The van der Waals surface area contributed by atoms with E-state index >= 15 is 0 Å². The average molecular weight is 190 g/mol. The van der Waals surface area contributed by atoms with Crippen LogP contribution in [0.1, 0.15) is 13.3 Å². The van der Waals surface area contributed by atoms with Gasteiger partial charge in [-0.3, -0.25) is 4.21 Å². The molecule has 1 aliphatic rings. The Morgan fingerprint density at radius 2 is 2.25 bits per heavy atom. The molecular formula is C8H18N2OS. The quantitative estimate of drug-likeness (QED) is 0.697. The summed E-state index contributed by atoms with van der Waals surface area (Å²) in [6, 6.07) is 0.450. The standard InChI is InChI=1S/C8H18N2OS/c1-7-4-5-9-8(7)6-10-12(2,3)11/h7-9H,4-6H2,1-3H3. The van der Waals surface area contributed by atoms with E-state index in [1.807, 2.05) is 0 Å². The summed E-state index contributed by atoms with van der Waals surface area (Å²) in [5.74, 6) is 0.676. The van der Waals surface area contributed by atoms with Crippen molar-refractivity contribution < 1.29 is 4.21 Å². The summed E-state index contributed by atoms with van der Waals surface area (Å²) in [4.78, 5) is 0. The number of hydrogen-bond donors (Lipinski definition) is 1. The largest absolute Gasteiger partial charge is 0.312 e. The third kappa shape index (κ3) is 3.11. The molecule has 1 N–H and O–H groups in total. The Bertz CT molecular complexity index is 248. The Labute approximate surface area is 75.1 Å². The second-order valence-corrected chi connectivity index (χ2v) is 6.44. The maximum Gasteiger partial charge on any atom is 0.0640 e. The molecule has 12 heavy (non-hydrogen) atoms. The molecule has 0 bridgehead atoms. The van der Waals surface area contributed by atoms with Gasteiger partial charge in [-0.2, -0.15) is 0 Å². The summed E-state index contributed by atoms with van der Waals surface area (Å²) in [6.45, 7) is 4.00. The molecule has 1 rings (SSSR count). The Morgan fingerprint density at radius 1 is 1.58 bits per heavy atom. The maximum atomic E-state index is 11.3. The lowest BCUT2D eigenvalue weighted by atomic mass is 10.0. The van der Waals surface area contributed by atoms with Gasteiger partial charge in [0.15, 0.2) is 0 Å². The molecule has 0 amide bonds. The van der Waals surface area contributed by atoms with Crippen molar-refractivity contribution >= 4 is 9.73 Å². The molecule has 2 atom stereocenters. The first-order valence-corrected chi connectivity index (χ1v) is 6.68. The summed E-state index contributed by atoms with van der Waals surface area (Å²) in [5, 5.41) is 3.36. The fourth-order valence-electron chi connectivity index (χ4n) is 1.40. The van der Waals surface area contributed by atoms with Crippen LogP contribution in [-0.4, -0.2) is 35.9 Å². The fourth-order valence-corrected chi connectivity index (χ4v) is 1.92. The molecule has 1 heterocycles. The van der Waals surface area contributed by atoms with Crippen LogP contribution in [0, 0.1) is 5.92 Å². The van der Waals surface area contributed by atoms with Crippen molar-refractivity contribution in [3.05, 3.63) is 0 Å². The van der Waals surface area contributed by atoms with Crippen LogP contribution < -0.4 is 5.32 Å². The maximum absolute atomic E-state index is 11.3. The van der Waals surface area contributed by atoms with Crippen LogP contribution in [0.5, 0.6) is 0 Å². The molecule has 4 heteroatoms. The third-order valence-electron chi connectivity index (χ3n) is 2.28. The lowest BCUT2D eigenvalue weighted by Crippen LogP contribution is -2.29. The molecule has 72 valence electrons. The Kier molecular flexibility index (Phi) is 3.12. The van der Waals surface area contributed by atoms with E-state index in [-0.39, 0.29) is 0 Å². The summed E-state index contributed by atoms with van der Waals surface area (Å²) < 4.78 is 15.4. The molecule has 0 aromatic carbocycles. The molecule has 0 radical (unpaired) electrons. The van der Waals surface area contributed by atoms with E-state index in [2.05, 4.69) is 16.6 Å². The van der Waals surface area contributed by atoms with Crippen molar-refractivity contribution in [2.75, 3.05) is 25.6 Å². The Morgan fingerprint density at radius 3 is 2.67 bits per heavy atom. The average Bonchev–Trinajstić information content (AvgIpc) is 2.29. The zero-order valence-electron chi connectivity index (χ0n) is 8.04. The summed E-state index contributed by atoms with van der Waals surface area (Å²) >= 11 is 0. The fraction of sp³-hybridized carbons (Fsp3) is 1.00. The van der Waals surface area contributed by atoms with Crippen LogP contribution in [0.4, 0.5) is 0 Å². The van der Waals surface area contributed by atoms with Crippen molar-refractivity contribution in [2.24, 2.45) is 10.3 Å². The zero-order valence-corrected chi connectivity index (χ0v) is 8.86. The first-order chi connectivity index (χ1) is 5.49. The summed E-state index contributed by atoms with van der Waals surface area (Å²) in [6.07, 6.45) is 4.59. The SMILES string of the molecule is CC1CCNC1CN=S(C)(C)=O. The second-order valence-electron chi connectivity index (χ2n) is 3.82. The van der Waals surface area contributed by atoms with Gasteiger partial charge >= 0.3 is 0 Å². The lowest BCUT2D eigenvalue weighted by Gasteiger charge is -2.12. The van der Waals surface area contributed by atoms with Gasteiger partial charge in [0.25, 0.3) is 0 Å². The van der Waals surface area contributed by atoms with Gasteiger partial charge in [0, 0.05) is 28.3 Å². The predicted octanol–water partition coefficient (Wildman–Crippen LogP) is 0.712. The molecular weight excluding hydrogens is 172 g/mol. The smallest absolute Gasteiger partial charge is 0.0640 e. The molecule has 0 aliphatic carbocycles. The van der Waals surface area contributed by atoms with Gasteiger partial charge in [-0.25, -0.2) is 4.36 Å². The van der Waals surface area contributed by atoms with Gasteiger partial charge in [0.1, 0.15) is 0 Å². The molecule has 0 aromatic rings. The van der Waals surface area contributed by atoms with Gasteiger partial charge in [-0.15, -0.1) is 0 Å². The Hall–Kier alpha value is -0.0900. The highest BCUT2D eigenvalue weighted by molar-refractivity contribution is 7.92. The minimum Gasteiger partial charge on any atom is -0.312 e. The van der Waals surface area contributed by atoms with Crippen LogP contribution in [-0.2, 0) is 9.73 Å². The van der Waals surface area contributed by atoms with E-state index in [0.717, 1.165) is 6.54 Å². The van der Waals surface area contributed by atoms with Crippen molar-refractivity contribution in [2.45, 2.75) is 19.4 Å². The molecule has 1 aliphatic heterocycles. The Balaban J connectivity index is 2.47. The van der Waals surface area contributed by atoms with Crippen LogP contribution in [0.2, 0.25) is 0 Å². The van der Waals surface area contributed by atoms with Gasteiger partial charge in [0.05, 0.1) is 6.54 Å². The highest BCUT2D eigenvalue weighted by Crippen LogP contribution is 2.14. The molecule has 1 fully saturated rings. The molecule has 3 nitrogen and oxygen atoms in total. The van der Waals surface area contributed by atoms with E-state index in [1.165, 1.54) is 6.42 Å². The molecule has 2 unspecified atom stereocenters.